The molecule has 1 aliphatic heterocycles. The van der Waals surface area contributed by atoms with E-state index in [1.54, 1.807) is 0 Å². The molecule has 0 unspecified atom stereocenters. The van der Waals surface area contributed by atoms with E-state index in [1.807, 2.05) is 24.5 Å². The fourth-order valence-corrected chi connectivity index (χ4v) is 3.27. The SMILES string of the molecule is CCCCC/C=C(/Cc1cccnc1)c1ccc2c(c1)CCC(=O)N2. The number of rotatable bonds is 7. The van der Waals surface area contributed by atoms with Gasteiger partial charge in [-0.25, -0.2) is 0 Å². The van der Waals surface area contributed by atoms with Gasteiger partial charge < -0.3 is 5.32 Å². The molecule has 1 aliphatic rings. The van der Waals surface area contributed by atoms with Crippen molar-refractivity contribution in [1.29, 1.82) is 0 Å². The zero-order chi connectivity index (χ0) is 17.5. The third kappa shape index (κ3) is 4.79. The lowest BCUT2D eigenvalue weighted by Crippen LogP contribution is -2.18. The van der Waals surface area contributed by atoms with Gasteiger partial charge in [0.25, 0.3) is 0 Å². The number of nitrogens with one attached hydrogen (secondary N) is 1. The third-order valence-corrected chi connectivity index (χ3v) is 4.69. The smallest absolute Gasteiger partial charge is 0.224 e. The molecule has 3 heteroatoms. The largest absolute Gasteiger partial charge is 0.326 e. The second-order valence-electron chi connectivity index (χ2n) is 6.68. The number of anilines is 1. The van der Waals surface area contributed by atoms with Gasteiger partial charge in [-0.2, -0.15) is 0 Å². The van der Waals surface area contributed by atoms with E-state index in [0.717, 1.165) is 24.9 Å². The molecule has 0 bridgehead atoms. The molecule has 2 heterocycles. The number of benzene rings is 1. The van der Waals surface area contributed by atoms with Crippen LogP contribution in [0.15, 0.2) is 48.8 Å². The van der Waals surface area contributed by atoms with Crippen LogP contribution in [0.3, 0.4) is 0 Å². The zero-order valence-electron chi connectivity index (χ0n) is 14.9. The highest BCUT2D eigenvalue weighted by Crippen LogP contribution is 2.28. The Balaban J connectivity index is 1.84. The highest BCUT2D eigenvalue weighted by Gasteiger charge is 2.15. The Labute approximate surface area is 150 Å². The van der Waals surface area contributed by atoms with Crippen molar-refractivity contribution < 1.29 is 4.79 Å². The van der Waals surface area contributed by atoms with Crippen LogP contribution in [-0.4, -0.2) is 10.9 Å². The second-order valence-corrected chi connectivity index (χ2v) is 6.68. The highest BCUT2D eigenvalue weighted by atomic mass is 16.1. The van der Waals surface area contributed by atoms with Crippen LogP contribution in [0.25, 0.3) is 5.57 Å². The minimum atomic E-state index is 0.117. The first-order chi connectivity index (χ1) is 12.3. The summed E-state index contributed by atoms with van der Waals surface area (Å²) >= 11 is 0. The average molecular weight is 334 g/mol. The first-order valence-corrected chi connectivity index (χ1v) is 9.27. The molecule has 3 nitrogen and oxygen atoms in total. The number of fused-ring (bicyclic) bond motifs is 1. The molecular formula is C22H26N2O. The first-order valence-electron chi connectivity index (χ1n) is 9.27. The van der Waals surface area contributed by atoms with Gasteiger partial charge in [0.15, 0.2) is 0 Å². The summed E-state index contributed by atoms with van der Waals surface area (Å²) in [5.41, 5.74) is 6.05. The van der Waals surface area contributed by atoms with Crippen molar-refractivity contribution in [2.24, 2.45) is 0 Å². The van der Waals surface area contributed by atoms with Gasteiger partial charge >= 0.3 is 0 Å². The number of nitrogens with zero attached hydrogens (tertiary/aromatic N) is 1. The molecule has 25 heavy (non-hydrogen) atoms. The highest BCUT2D eigenvalue weighted by molar-refractivity contribution is 5.94. The molecule has 2 aromatic rings. The number of pyridine rings is 1. The molecule has 0 radical (unpaired) electrons. The topological polar surface area (TPSA) is 42.0 Å². The van der Waals surface area contributed by atoms with Crippen LogP contribution in [0.2, 0.25) is 0 Å². The maximum Gasteiger partial charge on any atom is 0.224 e. The Bertz CT molecular complexity index is 750. The second kappa shape index (κ2) is 8.61. The molecule has 130 valence electrons. The molecule has 1 aromatic carbocycles. The van der Waals surface area contributed by atoms with Crippen molar-refractivity contribution in [2.75, 3.05) is 5.32 Å². The average Bonchev–Trinajstić information content (AvgIpc) is 2.64. The summed E-state index contributed by atoms with van der Waals surface area (Å²) in [6.45, 7) is 2.23. The van der Waals surface area contributed by atoms with Crippen LogP contribution >= 0.6 is 0 Å². The molecule has 0 fully saturated rings. The first kappa shape index (κ1) is 17.4. The molecule has 1 amide bonds. The van der Waals surface area contributed by atoms with Crippen LogP contribution in [0.4, 0.5) is 5.69 Å². The number of unbranched alkanes of at least 4 members (excludes halogenated alkanes) is 3. The van der Waals surface area contributed by atoms with E-state index in [9.17, 15) is 4.79 Å². The summed E-state index contributed by atoms with van der Waals surface area (Å²) in [6.07, 6.45) is 13.3. The number of amides is 1. The number of aryl methyl sites for hydroxylation is 1. The predicted octanol–water partition coefficient (Wildman–Crippen LogP) is 5.17. The lowest BCUT2D eigenvalue weighted by atomic mass is 9.93. The third-order valence-electron chi connectivity index (χ3n) is 4.69. The van der Waals surface area contributed by atoms with Crippen LogP contribution in [0.5, 0.6) is 0 Å². The van der Waals surface area contributed by atoms with E-state index in [-0.39, 0.29) is 5.91 Å². The number of hydrogen-bond donors (Lipinski definition) is 1. The summed E-state index contributed by atoms with van der Waals surface area (Å²) in [6, 6.07) is 10.5. The maximum absolute atomic E-state index is 11.6. The van der Waals surface area contributed by atoms with E-state index in [2.05, 4.69) is 41.5 Å². The quantitative estimate of drug-likeness (QED) is 0.710. The van der Waals surface area contributed by atoms with Gasteiger partial charge in [-0.3, -0.25) is 9.78 Å². The van der Waals surface area contributed by atoms with Crippen molar-refractivity contribution >= 4 is 17.2 Å². The monoisotopic (exact) mass is 334 g/mol. The Morgan fingerprint density at radius 1 is 1.24 bits per heavy atom. The number of carbonyl (C=O) groups excluding carboxylic acids is 1. The van der Waals surface area contributed by atoms with Gasteiger partial charge in [0.1, 0.15) is 0 Å². The molecule has 0 saturated carbocycles. The van der Waals surface area contributed by atoms with Crippen molar-refractivity contribution in [1.82, 2.24) is 4.98 Å². The van der Waals surface area contributed by atoms with Crippen molar-refractivity contribution in [2.45, 2.75) is 51.9 Å². The summed E-state index contributed by atoms with van der Waals surface area (Å²) in [5.74, 6) is 0.117. The number of allylic oxidation sites excluding steroid dienone is 2. The van der Waals surface area contributed by atoms with Crippen molar-refractivity contribution in [3.8, 4) is 0 Å². The Kier molecular flexibility index (Phi) is 5.99. The molecule has 0 spiro atoms. The number of aromatic nitrogens is 1. The zero-order valence-corrected chi connectivity index (χ0v) is 14.9. The molecule has 0 atom stereocenters. The van der Waals surface area contributed by atoms with E-state index in [0.29, 0.717) is 6.42 Å². The van der Waals surface area contributed by atoms with Gasteiger partial charge in [0.2, 0.25) is 5.91 Å². The van der Waals surface area contributed by atoms with Gasteiger partial charge in [-0.15, -0.1) is 0 Å². The van der Waals surface area contributed by atoms with E-state index in [1.165, 1.54) is 41.5 Å². The molecular weight excluding hydrogens is 308 g/mol. The van der Waals surface area contributed by atoms with Gasteiger partial charge in [0, 0.05) is 24.5 Å². The van der Waals surface area contributed by atoms with Crippen molar-refractivity contribution in [3.05, 3.63) is 65.5 Å². The Hall–Kier alpha value is -2.42. The number of hydrogen-bond acceptors (Lipinski definition) is 2. The normalized spacial score (nSPS) is 14.1. The van der Waals surface area contributed by atoms with Crippen molar-refractivity contribution in [3.63, 3.8) is 0 Å². The fraction of sp³-hybridized carbons (Fsp3) is 0.364. The molecule has 3 rings (SSSR count). The predicted molar refractivity (Wildman–Crippen MR) is 103 cm³/mol. The van der Waals surface area contributed by atoms with E-state index < -0.39 is 0 Å². The summed E-state index contributed by atoms with van der Waals surface area (Å²) in [4.78, 5) is 15.8. The maximum atomic E-state index is 11.6. The summed E-state index contributed by atoms with van der Waals surface area (Å²) in [7, 11) is 0. The summed E-state index contributed by atoms with van der Waals surface area (Å²) in [5, 5.41) is 2.97. The van der Waals surface area contributed by atoms with Crippen LogP contribution in [0, 0.1) is 0 Å². The van der Waals surface area contributed by atoms with Gasteiger partial charge in [-0.1, -0.05) is 38.0 Å². The minimum absolute atomic E-state index is 0.117. The van der Waals surface area contributed by atoms with Gasteiger partial charge in [-0.05, 0) is 66.1 Å². The lowest BCUT2D eigenvalue weighted by molar-refractivity contribution is -0.116. The molecule has 1 N–H and O–H groups in total. The minimum Gasteiger partial charge on any atom is -0.326 e. The fourth-order valence-electron chi connectivity index (χ4n) is 3.27. The summed E-state index contributed by atoms with van der Waals surface area (Å²) < 4.78 is 0. The van der Waals surface area contributed by atoms with Crippen LogP contribution in [0.1, 0.15) is 55.7 Å². The standard InChI is InChI=1S/C22H26N2O/c1-2-3-4-5-8-18(14-17-7-6-13-23-16-17)19-9-11-21-20(15-19)10-12-22(25)24-21/h6-9,11,13,15-16H,2-5,10,12,14H2,1H3,(H,24,25)/b18-8-. The Morgan fingerprint density at radius 3 is 2.96 bits per heavy atom. The lowest BCUT2D eigenvalue weighted by Gasteiger charge is -2.18. The molecule has 1 aromatic heterocycles. The Morgan fingerprint density at radius 2 is 2.16 bits per heavy atom. The van der Waals surface area contributed by atoms with E-state index >= 15 is 0 Å². The van der Waals surface area contributed by atoms with Crippen LogP contribution in [-0.2, 0) is 17.6 Å². The molecule has 0 saturated heterocycles. The van der Waals surface area contributed by atoms with Gasteiger partial charge in [0.05, 0.1) is 0 Å². The molecule has 0 aliphatic carbocycles. The number of carbonyl (C=O) groups is 1. The van der Waals surface area contributed by atoms with Crippen LogP contribution < -0.4 is 5.32 Å². The van der Waals surface area contributed by atoms with E-state index in [4.69, 9.17) is 0 Å².